The van der Waals surface area contributed by atoms with Gasteiger partial charge in [-0.25, -0.2) is 9.37 Å². The van der Waals surface area contributed by atoms with E-state index in [9.17, 15) is 9.18 Å². The van der Waals surface area contributed by atoms with E-state index in [1.807, 2.05) is 18.5 Å². The van der Waals surface area contributed by atoms with Crippen LogP contribution in [0.15, 0.2) is 30.7 Å². The van der Waals surface area contributed by atoms with Crippen LogP contribution in [0.5, 0.6) is 0 Å². The summed E-state index contributed by atoms with van der Waals surface area (Å²) in [4.78, 5) is 21.8. The monoisotopic (exact) mass is 341 g/mol. The number of nitrogens with zero attached hydrogens (tertiary/aromatic N) is 3. The third-order valence-corrected chi connectivity index (χ3v) is 5.03. The zero-order valence-electron chi connectivity index (χ0n) is 14.2. The number of hydrogen-bond acceptors (Lipinski definition) is 3. The molecule has 3 heterocycles. The van der Waals surface area contributed by atoms with Crippen LogP contribution in [0.4, 0.5) is 4.39 Å². The quantitative estimate of drug-likeness (QED) is 0.747. The van der Waals surface area contributed by atoms with Gasteiger partial charge in [-0.2, -0.15) is 0 Å². The summed E-state index contributed by atoms with van der Waals surface area (Å²) in [6, 6.07) is 4.53. The second-order valence-corrected chi connectivity index (χ2v) is 6.78. The molecule has 0 radical (unpaired) electrons. The highest BCUT2D eigenvalue weighted by Gasteiger charge is 2.36. The maximum Gasteiger partial charge on any atom is 0.270 e. The highest BCUT2D eigenvalue weighted by Crippen LogP contribution is 2.28. The molecule has 1 aromatic carbocycles. The van der Waals surface area contributed by atoms with Crippen LogP contribution >= 0.6 is 0 Å². The summed E-state index contributed by atoms with van der Waals surface area (Å²) >= 11 is 0. The van der Waals surface area contributed by atoms with E-state index in [-0.39, 0.29) is 23.7 Å². The smallest absolute Gasteiger partial charge is 0.270 e. The molecule has 2 atom stereocenters. The molecule has 3 aromatic rings. The van der Waals surface area contributed by atoms with Crippen molar-refractivity contribution in [3.63, 3.8) is 0 Å². The zero-order chi connectivity index (χ0) is 17.7. The molecule has 0 bridgehead atoms. The number of rotatable bonds is 2. The molecule has 0 saturated carbocycles. The molecule has 130 valence electrons. The second kappa shape index (κ2) is 5.70. The lowest BCUT2D eigenvalue weighted by atomic mass is 10.0. The Bertz CT molecular complexity index is 960. The van der Waals surface area contributed by atoms with Crippen LogP contribution in [0.2, 0.25) is 0 Å². The van der Waals surface area contributed by atoms with Gasteiger partial charge in [0.1, 0.15) is 11.5 Å². The first-order valence-electron chi connectivity index (χ1n) is 8.24. The number of amides is 1. The number of likely N-dealkylation sites (tertiary alicyclic amines) is 1. The van der Waals surface area contributed by atoms with Gasteiger partial charge >= 0.3 is 0 Å². The highest BCUT2D eigenvalue weighted by molar-refractivity contribution is 5.99. The summed E-state index contributed by atoms with van der Waals surface area (Å²) in [7, 11) is 1.93. The molecule has 1 amide bonds. The number of aromatic nitrogens is 3. The lowest BCUT2D eigenvalue weighted by molar-refractivity contribution is 0.0784. The van der Waals surface area contributed by atoms with E-state index in [1.54, 1.807) is 23.5 Å². The summed E-state index contributed by atoms with van der Waals surface area (Å²) in [6.07, 6.45) is 3.54. The normalized spacial score (nSPS) is 20.6. The van der Waals surface area contributed by atoms with E-state index < -0.39 is 0 Å². The number of aromatic amines is 1. The number of fused-ring (bicyclic) bond motifs is 1. The Hall–Kier alpha value is -2.67. The van der Waals surface area contributed by atoms with E-state index in [1.165, 1.54) is 12.1 Å². The van der Waals surface area contributed by atoms with E-state index in [0.29, 0.717) is 24.3 Å². The van der Waals surface area contributed by atoms with Crippen LogP contribution in [-0.2, 0) is 7.05 Å². The van der Waals surface area contributed by atoms with Crippen molar-refractivity contribution in [3.8, 4) is 0 Å². The first-order chi connectivity index (χ1) is 11.9. The van der Waals surface area contributed by atoms with Crippen molar-refractivity contribution < 1.29 is 9.18 Å². The third kappa shape index (κ3) is 2.60. The number of nitrogens with one attached hydrogen (secondary N) is 1. The molecule has 1 fully saturated rings. The lowest BCUT2D eigenvalue weighted by Gasteiger charge is -2.15. The molecule has 1 aliphatic rings. The van der Waals surface area contributed by atoms with E-state index in [2.05, 4.69) is 9.97 Å². The predicted octanol–water partition coefficient (Wildman–Crippen LogP) is 1.92. The first-order valence-corrected chi connectivity index (χ1v) is 8.24. The summed E-state index contributed by atoms with van der Waals surface area (Å²) in [5.74, 6) is -0.374. The molecule has 2 aromatic heterocycles. The third-order valence-electron chi connectivity index (χ3n) is 5.03. The lowest BCUT2D eigenvalue weighted by Crippen LogP contribution is -2.32. The average molecular weight is 341 g/mol. The Morgan fingerprint density at radius 2 is 2.16 bits per heavy atom. The van der Waals surface area contributed by atoms with Crippen molar-refractivity contribution in [2.24, 2.45) is 12.8 Å². The van der Waals surface area contributed by atoms with Crippen LogP contribution in [0, 0.1) is 12.7 Å². The van der Waals surface area contributed by atoms with Crippen molar-refractivity contribution in [2.75, 3.05) is 13.1 Å². The molecule has 25 heavy (non-hydrogen) atoms. The molecule has 7 heteroatoms. The van der Waals surface area contributed by atoms with Gasteiger partial charge in [0.2, 0.25) is 0 Å². The topological polar surface area (TPSA) is 79.9 Å². The maximum absolute atomic E-state index is 13.6. The molecule has 3 N–H and O–H groups in total. The largest absolute Gasteiger partial charge is 0.350 e. The first kappa shape index (κ1) is 15.8. The molecule has 6 nitrogen and oxygen atoms in total. The number of imidazole rings is 1. The van der Waals surface area contributed by atoms with Crippen molar-refractivity contribution in [3.05, 3.63) is 53.5 Å². The number of halogens is 1. The van der Waals surface area contributed by atoms with Crippen LogP contribution < -0.4 is 5.73 Å². The molecule has 0 spiro atoms. The Labute approximate surface area is 144 Å². The predicted molar refractivity (Wildman–Crippen MR) is 92.8 cm³/mol. The summed E-state index contributed by atoms with van der Waals surface area (Å²) < 4.78 is 15.5. The van der Waals surface area contributed by atoms with Crippen molar-refractivity contribution in [1.82, 2.24) is 19.4 Å². The minimum Gasteiger partial charge on any atom is -0.350 e. The van der Waals surface area contributed by atoms with Gasteiger partial charge in [-0.1, -0.05) is 0 Å². The average Bonchev–Trinajstić information content (AvgIpc) is 3.24. The number of H-pyrrole nitrogens is 1. The molecule has 4 rings (SSSR count). The van der Waals surface area contributed by atoms with E-state index in [0.717, 1.165) is 16.6 Å². The van der Waals surface area contributed by atoms with Gasteiger partial charge in [-0.3, -0.25) is 4.79 Å². The fourth-order valence-electron chi connectivity index (χ4n) is 3.69. The molecule has 0 aliphatic carbocycles. The second-order valence-electron chi connectivity index (χ2n) is 6.78. The van der Waals surface area contributed by atoms with Gasteiger partial charge in [0, 0.05) is 54.9 Å². The molecule has 1 saturated heterocycles. The van der Waals surface area contributed by atoms with Gasteiger partial charge in [-0.15, -0.1) is 0 Å². The zero-order valence-corrected chi connectivity index (χ0v) is 14.2. The Kier molecular flexibility index (Phi) is 3.61. The molecule has 0 unspecified atom stereocenters. The number of carbonyl (C=O) groups is 1. The van der Waals surface area contributed by atoms with Gasteiger partial charge in [0.25, 0.3) is 5.91 Å². The van der Waals surface area contributed by atoms with E-state index >= 15 is 0 Å². The molecule has 1 aliphatic heterocycles. The minimum absolute atomic E-state index is 0.0556. The van der Waals surface area contributed by atoms with Gasteiger partial charge < -0.3 is 20.2 Å². The number of nitrogens with two attached hydrogens (primary N) is 1. The number of carbonyl (C=O) groups excluding carboxylic acids is 1. The highest BCUT2D eigenvalue weighted by atomic mass is 19.1. The summed E-state index contributed by atoms with van der Waals surface area (Å²) in [5, 5.41) is 0.858. The SMILES string of the molecule is Cc1cc(F)cc2[nH]c(C(=O)N3C[C@@H](N)[C@H](c4cncn4C)C3)cc12. The molecular formula is C18H20FN5O. The number of benzene rings is 1. The fourth-order valence-corrected chi connectivity index (χ4v) is 3.69. The maximum atomic E-state index is 13.6. The summed E-state index contributed by atoms with van der Waals surface area (Å²) in [5.41, 5.74) is 9.19. The summed E-state index contributed by atoms with van der Waals surface area (Å²) in [6.45, 7) is 2.86. The number of hydrogen-bond donors (Lipinski definition) is 2. The minimum atomic E-state index is -0.315. The van der Waals surface area contributed by atoms with Crippen LogP contribution in [0.3, 0.4) is 0 Å². The van der Waals surface area contributed by atoms with Gasteiger partial charge in [0.15, 0.2) is 0 Å². The van der Waals surface area contributed by atoms with Crippen LogP contribution in [-0.4, -0.2) is 44.5 Å². The van der Waals surface area contributed by atoms with E-state index in [4.69, 9.17) is 5.73 Å². The van der Waals surface area contributed by atoms with Crippen LogP contribution in [0.1, 0.15) is 27.7 Å². The van der Waals surface area contributed by atoms with Crippen molar-refractivity contribution in [2.45, 2.75) is 18.9 Å². The van der Waals surface area contributed by atoms with Crippen molar-refractivity contribution >= 4 is 16.8 Å². The van der Waals surface area contributed by atoms with Crippen LogP contribution in [0.25, 0.3) is 10.9 Å². The number of aryl methyl sites for hydroxylation is 2. The fraction of sp³-hybridized carbons (Fsp3) is 0.333. The Morgan fingerprint density at radius 1 is 1.36 bits per heavy atom. The van der Waals surface area contributed by atoms with Gasteiger partial charge in [-0.05, 0) is 30.7 Å². The molecular weight excluding hydrogens is 321 g/mol. The van der Waals surface area contributed by atoms with Gasteiger partial charge in [0.05, 0.1) is 6.33 Å². The Morgan fingerprint density at radius 3 is 2.88 bits per heavy atom. The standard InChI is InChI=1S/C18H20FN5O/c1-10-3-11(19)4-15-12(10)5-16(22-15)18(25)24-7-13(14(20)8-24)17-6-21-9-23(17)2/h3-6,9,13-14,22H,7-8,20H2,1-2H3/t13-,14-/m1/s1. The van der Waals surface area contributed by atoms with Crippen molar-refractivity contribution in [1.29, 1.82) is 0 Å². The Balaban J connectivity index is 1.61.